The molecule has 3 aliphatic rings. The minimum Gasteiger partial charge on any atom is -0.314 e. The molecule has 0 aromatic carbocycles. The van der Waals surface area contributed by atoms with Gasteiger partial charge in [-0.15, -0.1) is 0 Å². The molecule has 19 heavy (non-hydrogen) atoms. The molecule has 1 N–H and O–H groups in total. The van der Waals surface area contributed by atoms with E-state index in [4.69, 9.17) is 0 Å². The van der Waals surface area contributed by atoms with E-state index in [2.05, 4.69) is 24.1 Å². The predicted octanol–water partition coefficient (Wildman–Crippen LogP) is 3.28. The molecule has 5 atom stereocenters. The molecule has 2 saturated heterocycles. The highest BCUT2D eigenvalue weighted by molar-refractivity contribution is 4.90. The van der Waals surface area contributed by atoms with Crippen LogP contribution in [-0.2, 0) is 0 Å². The van der Waals surface area contributed by atoms with Gasteiger partial charge in [0.05, 0.1) is 0 Å². The molecule has 0 spiro atoms. The number of piperidine rings is 1. The van der Waals surface area contributed by atoms with Crippen LogP contribution in [0.3, 0.4) is 0 Å². The first-order chi connectivity index (χ1) is 9.24. The van der Waals surface area contributed by atoms with E-state index in [0.717, 1.165) is 29.8 Å². The van der Waals surface area contributed by atoms with E-state index in [1.165, 1.54) is 64.6 Å². The van der Waals surface area contributed by atoms with Crippen LogP contribution in [0.2, 0.25) is 0 Å². The van der Waals surface area contributed by atoms with Crippen LogP contribution in [-0.4, -0.2) is 36.6 Å². The minimum absolute atomic E-state index is 0.836. The largest absolute Gasteiger partial charge is 0.314 e. The van der Waals surface area contributed by atoms with Gasteiger partial charge in [0.2, 0.25) is 0 Å². The molecular weight excluding hydrogens is 232 g/mol. The van der Waals surface area contributed by atoms with Crippen LogP contribution >= 0.6 is 0 Å². The lowest BCUT2D eigenvalue weighted by atomic mass is 9.77. The number of likely N-dealkylation sites (tertiary alicyclic amines) is 1. The maximum absolute atomic E-state index is 3.74. The van der Waals surface area contributed by atoms with Gasteiger partial charge in [-0.25, -0.2) is 0 Å². The molecule has 2 nitrogen and oxygen atoms in total. The van der Waals surface area contributed by atoms with Crippen LogP contribution in [0, 0.1) is 17.8 Å². The van der Waals surface area contributed by atoms with Crippen LogP contribution < -0.4 is 5.32 Å². The standard InChI is InChI=1S/C17H32N2/c1-13-7-8-16(11-14(13)2)19-10-4-5-15(12-19)17-6-3-9-18-17/h13-18H,3-12H2,1-2H3. The average Bonchev–Trinajstić information content (AvgIpc) is 2.96. The Bertz CT molecular complexity index is 285. The molecule has 2 heterocycles. The number of hydrogen-bond donors (Lipinski definition) is 1. The molecule has 0 aromatic heterocycles. The summed E-state index contributed by atoms with van der Waals surface area (Å²) < 4.78 is 0. The summed E-state index contributed by atoms with van der Waals surface area (Å²) in [6, 6.07) is 1.73. The molecule has 0 bridgehead atoms. The van der Waals surface area contributed by atoms with Crippen molar-refractivity contribution < 1.29 is 0 Å². The fourth-order valence-electron chi connectivity index (χ4n) is 4.67. The molecule has 3 fully saturated rings. The van der Waals surface area contributed by atoms with E-state index < -0.39 is 0 Å². The minimum atomic E-state index is 0.836. The van der Waals surface area contributed by atoms with E-state index in [0.29, 0.717) is 0 Å². The second kappa shape index (κ2) is 6.13. The lowest BCUT2D eigenvalue weighted by molar-refractivity contribution is 0.0612. The summed E-state index contributed by atoms with van der Waals surface area (Å²) in [7, 11) is 0. The molecule has 2 heteroatoms. The fourth-order valence-corrected chi connectivity index (χ4v) is 4.67. The van der Waals surface area contributed by atoms with Crippen molar-refractivity contribution in [3.05, 3.63) is 0 Å². The maximum Gasteiger partial charge on any atom is 0.0108 e. The van der Waals surface area contributed by atoms with Gasteiger partial charge in [-0.05, 0) is 75.8 Å². The van der Waals surface area contributed by atoms with Gasteiger partial charge in [0.15, 0.2) is 0 Å². The first-order valence-corrected chi connectivity index (χ1v) is 8.71. The third kappa shape index (κ3) is 3.16. The van der Waals surface area contributed by atoms with Crippen molar-refractivity contribution >= 4 is 0 Å². The van der Waals surface area contributed by atoms with Crippen molar-refractivity contribution in [3.63, 3.8) is 0 Å². The summed E-state index contributed by atoms with van der Waals surface area (Å²) in [6.07, 6.45) is 10.1. The first-order valence-electron chi connectivity index (χ1n) is 8.71. The zero-order chi connectivity index (χ0) is 13.2. The van der Waals surface area contributed by atoms with E-state index in [1.807, 2.05) is 0 Å². The summed E-state index contributed by atoms with van der Waals surface area (Å²) >= 11 is 0. The summed E-state index contributed by atoms with van der Waals surface area (Å²) in [4.78, 5) is 2.86. The van der Waals surface area contributed by atoms with E-state index >= 15 is 0 Å². The lowest BCUT2D eigenvalue weighted by Gasteiger charge is -2.44. The summed E-state index contributed by atoms with van der Waals surface area (Å²) in [6.45, 7) is 8.93. The molecule has 0 amide bonds. The Morgan fingerprint density at radius 3 is 2.58 bits per heavy atom. The molecule has 1 saturated carbocycles. The van der Waals surface area contributed by atoms with E-state index in [-0.39, 0.29) is 0 Å². The van der Waals surface area contributed by atoms with Gasteiger partial charge in [-0.3, -0.25) is 0 Å². The Hall–Kier alpha value is -0.0800. The average molecular weight is 264 g/mol. The van der Waals surface area contributed by atoms with Gasteiger partial charge in [0, 0.05) is 18.6 Å². The van der Waals surface area contributed by atoms with Gasteiger partial charge in [0.25, 0.3) is 0 Å². The van der Waals surface area contributed by atoms with Crippen molar-refractivity contribution in [2.45, 2.75) is 70.9 Å². The normalized spacial score (nSPS) is 45.5. The summed E-state index contributed by atoms with van der Waals surface area (Å²) in [5.74, 6) is 2.82. The van der Waals surface area contributed by atoms with Crippen LogP contribution in [0.4, 0.5) is 0 Å². The zero-order valence-electron chi connectivity index (χ0n) is 12.9. The first kappa shape index (κ1) is 13.9. The Labute approximate surface area is 119 Å². The Morgan fingerprint density at radius 1 is 0.947 bits per heavy atom. The van der Waals surface area contributed by atoms with E-state index in [1.54, 1.807) is 0 Å². The topological polar surface area (TPSA) is 15.3 Å². The summed E-state index contributed by atoms with van der Waals surface area (Å²) in [5, 5.41) is 3.74. The highest BCUT2D eigenvalue weighted by Crippen LogP contribution is 2.34. The Kier molecular flexibility index (Phi) is 4.48. The fraction of sp³-hybridized carbons (Fsp3) is 1.00. The lowest BCUT2D eigenvalue weighted by Crippen LogP contribution is -2.49. The van der Waals surface area contributed by atoms with Crippen molar-refractivity contribution in [1.29, 1.82) is 0 Å². The highest BCUT2D eigenvalue weighted by Gasteiger charge is 2.34. The van der Waals surface area contributed by atoms with Gasteiger partial charge in [0.1, 0.15) is 0 Å². The molecule has 0 radical (unpaired) electrons. The third-order valence-corrected chi connectivity index (χ3v) is 6.24. The van der Waals surface area contributed by atoms with Crippen molar-refractivity contribution in [2.24, 2.45) is 17.8 Å². The van der Waals surface area contributed by atoms with Gasteiger partial charge in [-0.2, -0.15) is 0 Å². The molecule has 1 aliphatic carbocycles. The molecular formula is C17H32N2. The second-order valence-corrected chi connectivity index (χ2v) is 7.52. The molecule has 110 valence electrons. The van der Waals surface area contributed by atoms with Crippen LogP contribution in [0.1, 0.15) is 58.8 Å². The molecule has 3 rings (SSSR count). The van der Waals surface area contributed by atoms with Crippen molar-refractivity contribution in [2.75, 3.05) is 19.6 Å². The Morgan fingerprint density at radius 2 is 1.84 bits per heavy atom. The van der Waals surface area contributed by atoms with Crippen molar-refractivity contribution in [1.82, 2.24) is 10.2 Å². The maximum atomic E-state index is 3.74. The predicted molar refractivity (Wildman–Crippen MR) is 81.3 cm³/mol. The number of nitrogens with zero attached hydrogens (tertiary/aromatic N) is 1. The zero-order valence-corrected chi connectivity index (χ0v) is 12.9. The van der Waals surface area contributed by atoms with Crippen LogP contribution in [0.15, 0.2) is 0 Å². The smallest absolute Gasteiger partial charge is 0.0108 e. The third-order valence-electron chi connectivity index (χ3n) is 6.24. The van der Waals surface area contributed by atoms with Crippen LogP contribution in [0.5, 0.6) is 0 Å². The molecule has 2 aliphatic heterocycles. The summed E-state index contributed by atoms with van der Waals surface area (Å²) in [5.41, 5.74) is 0. The number of nitrogens with one attached hydrogen (secondary N) is 1. The Balaban J connectivity index is 1.55. The highest BCUT2D eigenvalue weighted by atomic mass is 15.2. The monoisotopic (exact) mass is 264 g/mol. The molecule has 5 unspecified atom stereocenters. The SMILES string of the molecule is CC1CCC(N2CCCC(C3CCCN3)C2)CC1C. The van der Waals surface area contributed by atoms with E-state index in [9.17, 15) is 0 Å². The van der Waals surface area contributed by atoms with Crippen LogP contribution in [0.25, 0.3) is 0 Å². The van der Waals surface area contributed by atoms with Gasteiger partial charge >= 0.3 is 0 Å². The number of hydrogen-bond acceptors (Lipinski definition) is 2. The molecule has 0 aromatic rings. The quantitative estimate of drug-likeness (QED) is 0.823. The van der Waals surface area contributed by atoms with Crippen molar-refractivity contribution in [3.8, 4) is 0 Å². The second-order valence-electron chi connectivity index (χ2n) is 7.52. The number of rotatable bonds is 2. The van der Waals surface area contributed by atoms with Gasteiger partial charge in [-0.1, -0.05) is 13.8 Å². The van der Waals surface area contributed by atoms with Gasteiger partial charge < -0.3 is 10.2 Å².